The van der Waals surface area contributed by atoms with Crippen LogP contribution in [0.5, 0.6) is 5.75 Å². The van der Waals surface area contributed by atoms with E-state index in [1.165, 1.54) is 49.7 Å². The molecular weight excluding hydrogens is 522 g/mol. The van der Waals surface area contributed by atoms with Crippen LogP contribution in [0.25, 0.3) is 10.4 Å². The van der Waals surface area contributed by atoms with E-state index in [2.05, 4.69) is 24.5 Å². The molecule has 1 heterocycles. The van der Waals surface area contributed by atoms with Crippen molar-refractivity contribution in [3.63, 3.8) is 0 Å². The molecule has 2 aromatic rings. The number of imide groups is 1. The topological polar surface area (TPSA) is 108 Å². The zero-order valence-corrected chi connectivity index (χ0v) is 25.2. The Bertz CT molecular complexity index is 1130. The first-order valence-electron chi connectivity index (χ1n) is 14.5. The molecule has 2 saturated carbocycles. The SMILES string of the molecule is CC=N.Cc1sc(-c2ccc(OCCCCNC(=O)CC3(C)CC4CC(C)CC(C4)C3)cc2)cc1C(=O)NC=O. The Labute approximate surface area is 243 Å². The van der Waals surface area contributed by atoms with E-state index in [1.54, 1.807) is 6.92 Å². The minimum absolute atomic E-state index is 0.165. The van der Waals surface area contributed by atoms with Crippen LogP contribution in [0, 0.1) is 35.5 Å². The van der Waals surface area contributed by atoms with Gasteiger partial charge in [-0.25, -0.2) is 0 Å². The maximum absolute atomic E-state index is 12.6. The Morgan fingerprint density at radius 2 is 1.77 bits per heavy atom. The zero-order chi connectivity index (χ0) is 29.1. The van der Waals surface area contributed by atoms with Crippen LogP contribution in [0.1, 0.15) is 87.4 Å². The van der Waals surface area contributed by atoms with Gasteiger partial charge in [0.1, 0.15) is 5.75 Å². The Morgan fingerprint density at radius 1 is 1.12 bits per heavy atom. The predicted octanol–water partition coefficient (Wildman–Crippen LogP) is 6.78. The quantitative estimate of drug-likeness (QED) is 0.158. The standard InChI is InChI=1S/C30H40N2O4S.C2H5N/c1-20-12-22-14-23(13-20)17-30(3,16-22)18-28(34)31-10-4-5-11-36-25-8-6-24(7-9-25)27-15-26(21(2)37-27)29(35)32-19-33;1-2-3/h6-9,15,19-20,22-23H,4-5,10-14,16-18H2,1-3H3,(H,31,34)(H,32,33,35);2-3H,1H3. The molecule has 2 atom stereocenters. The van der Waals surface area contributed by atoms with E-state index in [9.17, 15) is 14.4 Å². The number of benzene rings is 1. The van der Waals surface area contributed by atoms with Crippen molar-refractivity contribution in [1.29, 1.82) is 5.41 Å². The minimum atomic E-state index is -0.383. The maximum atomic E-state index is 12.6. The minimum Gasteiger partial charge on any atom is -0.494 e. The second-order valence-electron chi connectivity index (χ2n) is 11.8. The number of ether oxygens (including phenoxy) is 1. The summed E-state index contributed by atoms with van der Waals surface area (Å²) >= 11 is 1.52. The van der Waals surface area contributed by atoms with Crippen molar-refractivity contribution in [2.75, 3.05) is 13.2 Å². The number of unbranched alkanes of at least 4 members (excludes halogenated alkanes) is 1. The molecule has 0 spiro atoms. The Kier molecular flexibility index (Phi) is 11.9. The maximum Gasteiger partial charge on any atom is 0.258 e. The van der Waals surface area contributed by atoms with Crippen LogP contribution in [0.2, 0.25) is 0 Å². The van der Waals surface area contributed by atoms with E-state index in [1.807, 2.05) is 37.3 Å². The molecule has 3 amide bonds. The van der Waals surface area contributed by atoms with E-state index in [0.717, 1.165) is 51.7 Å². The highest BCUT2D eigenvalue weighted by Gasteiger charge is 2.41. The van der Waals surface area contributed by atoms with Crippen molar-refractivity contribution in [3.05, 3.63) is 40.8 Å². The molecule has 2 aliphatic rings. The lowest BCUT2D eigenvalue weighted by atomic mass is 9.58. The van der Waals surface area contributed by atoms with Crippen LogP contribution < -0.4 is 15.4 Å². The highest BCUT2D eigenvalue weighted by atomic mass is 32.1. The number of rotatable bonds is 11. The van der Waals surface area contributed by atoms with E-state index >= 15 is 0 Å². The fourth-order valence-corrected chi connectivity index (χ4v) is 7.67. The number of carbonyl (C=O) groups excluding carboxylic acids is 3. The molecule has 2 unspecified atom stereocenters. The van der Waals surface area contributed by atoms with Crippen LogP contribution in [0.4, 0.5) is 0 Å². The summed E-state index contributed by atoms with van der Waals surface area (Å²) in [7, 11) is 0. The van der Waals surface area contributed by atoms with Gasteiger partial charge in [-0.2, -0.15) is 0 Å². The number of hydrogen-bond acceptors (Lipinski definition) is 6. The van der Waals surface area contributed by atoms with Crippen molar-refractivity contribution in [3.8, 4) is 16.2 Å². The summed E-state index contributed by atoms with van der Waals surface area (Å²) in [6, 6.07) is 9.62. The smallest absolute Gasteiger partial charge is 0.258 e. The fraction of sp³-hybridized carbons (Fsp3) is 0.562. The summed E-state index contributed by atoms with van der Waals surface area (Å²) in [6.45, 7) is 9.54. The van der Waals surface area contributed by atoms with Crippen LogP contribution in [-0.2, 0) is 9.59 Å². The molecule has 8 heteroatoms. The Morgan fingerprint density at radius 3 is 2.40 bits per heavy atom. The molecule has 4 rings (SSSR count). The van der Waals surface area contributed by atoms with Gasteiger partial charge in [-0.3, -0.25) is 19.7 Å². The first kappa shape index (κ1) is 31.5. The number of amides is 3. The van der Waals surface area contributed by atoms with Gasteiger partial charge in [0.05, 0.1) is 12.2 Å². The molecule has 2 bridgehead atoms. The van der Waals surface area contributed by atoms with E-state index < -0.39 is 0 Å². The van der Waals surface area contributed by atoms with Gasteiger partial charge in [0.2, 0.25) is 12.3 Å². The molecular formula is C32H45N3O4S. The second kappa shape index (κ2) is 15.1. The van der Waals surface area contributed by atoms with Gasteiger partial charge in [0, 0.05) is 22.7 Å². The van der Waals surface area contributed by atoms with E-state index in [0.29, 0.717) is 31.5 Å². The number of aryl methyl sites for hydroxylation is 1. The predicted molar refractivity (Wildman–Crippen MR) is 162 cm³/mol. The van der Waals surface area contributed by atoms with Crippen LogP contribution in [0.3, 0.4) is 0 Å². The monoisotopic (exact) mass is 567 g/mol. The van der Waals surface area contributed by atoms with Crippen LogP contribution in [-0.4, -0.2) is 37.6 Å². The number of fused-ring (bicyclic) bond motifs is 2. The van der Waals surface area contributed by atoms with Gasteiger partial charge in [-0.1, -0.05) is 13.8 Å². The van der Waals surface area contributed by atoms with Gasteiger partial charge in [0.15, 0.2) is 0 Å². The normalized spacial score (nSPS) is 23.2. The largest absolute Gasteiger partial charge is 0.494 e. The fourth-order valence-electron chi connectivity index (χ4n) is 6.64. The molecule has 0 aliphatic heterocycles. The molecule has 1 aromatic carbocycles. The molecule has 0 radical (unpaired) electrons. The number of nitrogens with one attached hydrogen (secondary N) is 3. The third-order valence-corrected chi connectivity index (χ3v) is 9.04. The van der Waals surface area contributed by atoms with Gasteiger partial charge >= 0.3 is 0 Å². The summed E-state index contributed by atoms with van der Waals surface area (Å²) in [6.07, 6.45) is 10.5. The number of hydrogen-bond donors (Lipinski definition) is 3. The van der Waals surface area contributed by atoms with Crippen molar-refractivity contribution in [1.82, 2.24) is 10.6 Å². The molecule has 218 valence electrons. The third-order valence-electron chi connectivity index (χ3n) is 7.94. The van der Waals surface area contributed by atoms with Crippen molar-refractivity contribution < 1.29 is 19.1 Å². The van der Waals surface area contributed by atoms with Gasteiger partial charge in [0.25, 0.3) is 5.91 Å². The number of thiophene rings is 1. The zero-order valence-electron chi connectivity index (χ0n) is 24.4. The molecule has 40 heavy (non-hydrogen) atoms. The lowest BCUT2D eigenvalue weighted by molar-refractivity contribution is -0.124. The molecule has 2 aliphatic carbocycles. The Hall–Kier alpha value is -3.00. The second-order valence-corrected chi connectivity index (χ2v) is 13.1. The van der Waals surface area contributed by atoms with Crippen LogP contribution >= 0.6 is 11.3 Å². The summed E-state index contributed by atoms with van der Waals surface area (Å²) < 4.78 is 5.88. The van der Waals surface area contributed by atoms with E-state index in [-0.39, 0.29) is 17.2 Å². The number of carbonyl (C=O) groups is 3. The highest BCUT2D eigenvalue weighted by Crippen LogP contribution is 2.51. The van der Waals surface area contributed by atoms with Gasteiger partial charge < -0.3 is 15.5 Å². The van der Waals surface area contributed by atoms with Gasteiger partial charge in [-0.15, -0.1) is 11.3 Å². The average molecular weight is 568 g/mol. The molecule has 3 N–H and O–H groups in total. The lowest BCUT2D eigenvalue weighted by Gasteiger charge is -2.47. The average Bonchev–Trinajstić information content (AvgIpc) is 3.27. The Balaban J connectivity index is 0.00000141. The summed E-state index contributed by atoms with van der Waals surface area (Å²) in [4.78, 5) is 37.0. The first-order valence-corrected chi connectivity index (χ1v) is 15.3. The van der Waals surface area contributed by atoms with Gasteiger partial charge in [-0.05, 0) is 124 Å². The highest BCUT2D eigenvalue weighted by molar-refractivity contribution is 7.15. The van der Waals surface area contributed by atoms with Crippen molar-refractivity contribution >= 4 is 35.8 Å². The molecule has 2 fully saturated rings. The lowest BCUT2D eigenvalue weighted by Crippen LogP contribution is -2.39. The summed E-state index contributed by atoms with van der Waals surface area (Å²) in [5.41, 5.74) is 1.68. The van der Waals surface area contributed by atoms with Crippen molar-refractivity contribution in [2.24, 2.45) is 23.2 Å². The van der Waals surface area contributed by atoms with E-state index in [4.69, 9.17) is 10.1 Å². The molecule has 1 aromatic heterocycles. The van der Waals surface area contributed by atoms with Crippen molar-refractivity contribution in [2.45, 2.75) is 79.1 Å². The summed E-state index contributed by atoms with van der Waals surface area (Å²) in [5, 5.41) is 11.4. The molecule has 7 nitrogen and oxygen atoms in total. The third kappa shape index (κ3) is 9.29. The first-order chi connectivity index (χ1) is 19.2. The summed E-state index contributed by atoms with van der Waals surface area (Å²) in [5.74, 6) is 3.09. The molecule has 0 saturated heterocycles. The van der Waals surface area contributed by atoms with Crippen LogP contribution in [0.15, 0.2) is 30.3 Å².